The van der Waals surface area contributed by atoms with Crippen LogP contribution in [-0.2, 0) is 4.74 Å². The van der Waals surface area contributed by atoms with E-state index in [0.717, 1.165) is 56.0 Å². The highest BCUT2D eigenvalue weighted by Crippen LogP contribution is 2.40. The topological polar surface area (TPSA) is 92.6 Å². The van der Waals surface area contributed by atoms with Gasteiger partial charge in [0.15, 0.2) is 5.82 Å². The summed E-state index contributed by atoms with van der Waals surface area (Å²) in [6.07, 6.45) is 6.91. The first-order valence-electron chi connectivity index (χ1n) is 13.7. The molecule has 0 amide bonds. The molecule has 0 saturated carbocycles. The average molecular weight is 532 g/mol. The molecule has 6 rings (SSSR count). The largest absolute Gasteiger partial charge is 0.508 e. The number of phenolic OH excluding ortho intramolecular Hbond substituents is 1. The van der Waals surface area contributed by atoms with Crippen molar-refractivity contribution >= 4 is 27.5 Å². The fourth-order valence-electron chi connectivity index (χ4n) is 6.09. The molecule has 2 aromatic carbocycles. The lowest BCUT2D eigenvalue weighted by Crippen LogP contribution is -2.43. The van der Waals surface area contributed by atoms with Crippen LogP contribution in [0.1, 0.15) is 39.0 Å². The van der Waals surface area contributed by atoms with Crippen molar-refractivity contribution in [2.45, 2.75) is 50.7 Å². The summed E-state index contributed by atoms with van der Waals surface area (Å²) in [5.74, 6) is -0.0576. The number of aromatic hydroxyl groups is 1. The number of benzene rings is 2. The number of methoxy groups -OCH3 is 1. The highest BCUT2D eigenvalue weighted by Gasteiger charge is 2.45. The molecule has 39 heavy (non-hydrogen) atoms. The fourth-order valence-corrected chi connectivity index (χ4v) is 6.09. The average Bonchev–Trinajstić information content (AvgIpc) is 3.52. The molecule has 0 radical (unpaired) electrons. The molecule has 9 heteroatoms. The predicted octanol–water partition coefficient (Wildman–Crippen LogP) is 5.53. The van der Waals surface area contributed by atoms with Crippen molar-refractivity contribution in [3.63, 3.8) is 0 Å². The summed E-state index contributed by atoms with van der Waals surface area (Å²) in [6.45, 7) is 5.24. The Morgan fingerprint density at radius 2 is 1.92 bits per heavy atom. The van der Waals surface area contributed by atoms with Crippen LogP contribution in [0.4, 0.5) is 10.2 Å². The van der Waals surface area contributed by atoms with E-state index in [1.807, 2.05) is 31.2 Å². The number of fused-ring (bicyclic) bond motifs is 3. The van der Waals surface area contributed by atoms with Crippen molar-refractivity contribution in [1.82, 2.24) is 19.9 Å². The molecule has 1 atom stereocenters. The normalized spacial score (nSPS) is 17.5. The Labute approximate surface area is 227 Å². The maximum absolute atomic E-state index is 16.3. The lowest BCUT2D eigenvalue weighted by molar-refractivity contribution is 0.108. The summed E-state index contributed by atoms with van der Waals surface area (Å²) in [5, 5.41) is 15.7. The van der Waals surface area contributed by atoms with E-state index in [0.29, 0.717) is 29.9 Å². The molecule has 2 aliphatic rings. The minimum absolute atomic E-state index is 0.0161. The van der Waals surface area contributed by atoms with Gasteiger partial charge in [0.05, 0.1) is 17.0 Å². The summed E-state index contributed by atoms with van der Waals surface area (Å²) in [6, 6.07) is 10.9. The first kappa shape index (κ1) is 25.7. The van der Waals surface area contributed by atoms with Gasteiger partial charge in [-0.3, -0.25) is 9.88 Å². The molecule has 2 aromatic heterocycles. The van der Waals surface area contributed by atoms with Crippen molar-refractivity contribution in [3.05, 3.63) is 48.4 Å². The Bertz CT molecular complexity index is 1500. The van der Waals surface area contributed by atoms with Crippen LogP contribution < -0.4 is 10.1 Å². The van der Waals surface area contributed by atoms with Crippen LogP contribution in [0.5, 0.6) is 11.8 Å². The van der Waals surface area contributed by atoms with Gasteiger partial charge in [0, 0.05) is 25.4 Å². The van der Waals surface area contributed by atoms with Gasteiger partial charge >= 0.3 is 6.01 Å². The summed E-state index contributed by atoms with van der Waals surface area (Å²) >= 11 is 0. The zero-order valence-corrected chi connectivity index (χ0v) is 22.4. The molecule has 1 unspecified atom stereocenters. The Hall–Kier alpha value is -3.56. The maximum Gasteiger partial charge on any atom is 0.319 e. The van der Waals surface area contributed by atoms with Gasteiger partial charge in [0.1, 0.15) is 29.4 Å². The first-order valence-corrected chi connectivity index (χ1v) is 13.7. The quantitative estimate of drug-likeness (QED) is 0.291. The molecule has 204 valence electrons. The monoisotopic (exact) mass is 531 g/mol. The molecule has 0 bridgehead atoms. The second kappa shape index (κ2) is 10.5. The summed E-state index contributed by atoms with van der Waals surface area (Å²) < 4.78 is 27.9. The predicted molar refractivity (Wildman–Crippen MR) is 150 cm³/mol. The fraction of sp³-hybridized carbons (Fsp3) is 0.433. The minimum atomic E-state index is -0.578. The molecule has 4 heterocycles. The van der Waals surface area contributed by atoms with Crippen LogP contribution in [0.15, 0.2) is 42.6 Å². The summed E-state index contributed by atoms with van der Waals surface area (Å²) in [4.78, 5) is 16.2. The van der Waals surface area contributed by atoms with Gasteiger partial charge in [0.25, 0.3) is 0 Å². The van der Waals surface area contributed by atoms with Gasteiger partial charge < -0.3 is 19.9 Å². The summed E-state index contributed by atoms with van der Waals surface area (Å²) in [7, 11) is 1.68. The second-order valence-corrected chi connectivity index (χ2v) is 10.7. The van der Waals surface area contributed by atoms with Crippen molar-refractivity contribution in [2.75, 3.05) is 38.7 Å². The Kier molecular flexibility index (Phi) is 6.95. The maximum atomic E-state index is 16.3. The zero-order valence-electron chi connectivity index (χ0n) is 22.4. The minimum Gasteiger partial charge on any atom is -0.508 e. The standard InChI is InChI=1S/C30H34FN5O3/c1-19(38-2)9-12-32-28-24-17-33-26(23-16-21(37)15-20-7-3-4-8-22(20)23)25(31)27(24)34-29(35-28)39-18-30-10-5-13-36(30)14-6-11-30/h3-4,7-8,15-17,19,37H,5-6,9-14,18H2,1-2H3,(H,32,34,35). The van der Waals surface area contributed by atoms with Gasteiger partial charge in [0.2, 0.25) is 0 Å². The van der Waals surface area contributed by atoms with Crippen LogP contribution >= 0.6 is 0 Å². The van der Waals surface area contributed by atoms with Crippen LogP contribution in [-0.4, -0.2) is 70.0 Å². The lowest BCUT2D eigenvalue weighted by atomic mass is 9.95. The Morgan fingerprint density at radius 3 is 2.72 bits per heavy atom. The number of hydrogen-bond donors (Lipinski definition) is 2. The molecule has 2 fully saturated rings. The molecule has 2 aliphatic heterocycles. The van der Waals surface area contributed by atoms with Crippen molar-refractivity contribution in [1.29, 1.82) is 0 Å². The molecule has 0 aliphatic carbocycles. The van der Waals surface area contributed by atoms with Crippen LogP contribution in [0, 0.1) is 5.82 Å². The van der Waals surface area contributed by atoms with E-state index in [2.05, 4.69) is 25.2 Å². The van der Waals surface area contributed by atoms with E-state index in [1.165, 1.54) is 6.07 Å². The van der Waals surface area contributed by atoms with Crippen LogP contribution in [0.25, 0.3) is 32.9 Å². The number of nitrogens with zero attached hydrogens (tertiary/aromatic N) is 4. The molecule has 2 N–H and O–H groups in total. The highest BCUT2D eigenvalue weighted by atomic mass is 19.1. The Morgan fingerprint density at radius 1 is 1.13 bits per heavy atom. The zero-order chi connectivity index (χ0) is 27.0. The number of nitrogens with one attached hydrogen (secondary N) is 1. The number of phenols is 1. The van der Waals surface area contributed by atoms with Crippen molar-refractivity contribution in [3.8, 4) is 23.0 Å². The molecular weight excluding hydrogens is 497 g/mol. The van der Waals surface area contributed by atoms with E-state index in [-0.39, 0.29) is 34.6 Å². The molecule has 2 saturated heterocycles. The number of rotatable bonds is 9. The third kappa shape index (κ3) is 4.85. The van der Waals surface area contributed by atoms with Gasteiger partial charge in [-0.2, -0.15) is 9.97 Å². The number of pyridine rings is 1. The Balaban J connectivity index is 1.41. The third-order valence-electron chi connectivity index (χ3n) is 8.29. The van der Waals surface area contributed by atoms with Crippen molar-refractivity contribution < 1.29 is 19.0 Å². The highest BCUT2D eigenvalue weighted by molar-refractivity contribution is 5.99. The van der Waals surface area contributed by atoms with E-state index < -0.39 is 5.82 Å². The number of anilines is 1. The number of hydrogen-bond acceptors (Lipinski definition) is 8. The third-order valence-corrected chi connectivity index (χ3v) is 8.29. The SMILES string of the molecule is COC(C)CCNc1nc(OCC23CCCN2CCC3)nc2c(F)c(-c3cc(O)cc4ccccc34)ncc12. The number of ether oxygens (including phenoxy) is 2. The van der Waals surface area contributed by atoms with Crippen LogP contribution in [0.2, 0.25) is 0 Å². The smallest absolute Gasteiger partial charge is 0.319 e. The first-order chi connectivity index (χ1) is 19.0. The molecule has 8 nitrogen and oxygen atoms in total. The lowest BCUT2D eigenvalue weighted by Gasteiger charge is -2.31. The van der Waals surface area contributed by atoms with E-state index in [1.54, 1.807) is 19.4 Å². The molecule has 4 aromatic rings. The molecular formula is C30H34FN5O3. The van der Waals surface area contributed by atoms with Crippen LogP contribution in [0.3, 0.4) is 0 Å². The van der Waals surface area contributed by atoms with Gasteiger partial charge in [-0.05, 0) is 75.0 Å². The van der Waals surface area contributed by atoms with Gasteiger partial charge in [-0.25, -0.2) is 4.39 Å². The van der Waals surface area contributed by atoms with Gasteiger partial charge in [-0.15, -0.1) is 0 Å². The van der Waals surface area contributed by atoms with Gasteiger partial charge in [-0.1, -0.05) is 24.3 Å². The van der Waals surface area contributed by atoms with E-state index in [9.17, 15) is 5.11 Å². The number of aromatic nitrogens is 3. The van der Waals surface area contributed by atoms with E-state index in [4.69, 9.17) is 9.47 Å². The summed E-state index contributed by atoms with van der Waals surface area (Å²) in [5.41, 5.74) is 0.768. The van der Waals surface area contributed by atoms with Crippen molar-refractivity contribution in [2.24, 2.45) is 0 Å². The second-order valence-electron chi connectivity index (χ2n) is 10.7. The van der Waals surface area contributed by atoms with E-state index >= 15 is 4.39 Å². The molecule has 0 spiro atoms. The number of halogens is 1.